The molecule has 10 nitrogen and oxygen atoms in total. The zero-order chi connectivity index (χ0) is 34.9. The van der Waals surface area contributed by atoms with Gasteiger partial charge in [0.2, 0.25) is 0 Å². The summed E-state index contributed by atoms with van der Waals surface area (Å²) in [5, 5.41) is 12.6. The van der Waals surface area contributed by atoms with Crippen LogP contribution in [0.2, 0.25) is 0 Å². The van der Waals surface area contributed by atoms with Crippen molar-refractivity contribution in [2.45, 2.75) is 98.4 Å². The molecular weight excluding hydrogens is 741 g/mol. The van der Waals surface area contributed by atoms with E-state index in [0.29, 0.717) is 50.6 Å². The fourth-order valence-electron chi connectivity index (χ4n) is 10.2. The van der Waals surface area contributed by atoms with E-state index in [1.807, 2.05) is 20.1 Å². The Labute approximate surface area is 302 Å². The first-order valence-electron chi connectivity index (χ1n) is 18.2. The molecule has 2 saturated carbocycles. The van der Waals surface area contributed by atoms with Crippen molar-refractivity contribution in [2.75, 3.05) is 78.0 Å². The number of ether oxygens (including phenoxy) is 7. The van der Waals surface area contributed by atoms with Gasteiger partial charge < -0.3 is 9.47 Å². The first kappa shape index (κ1) is 36.3. The number of esters is 1. The van der Waals surface area contributed by atoms with E-state index in [-0.39, 0.29) is 54.6 Å². The van der Waals surface area contributed by atoms with Gasteiger partial charge in [-0.15, -0.1) is 0 Å². The number of benzene rings is 1. The summed E-state index contributed by atoms with van der Waals surface area (Å²) in [7, 11) is 3.47. The molecule has 276 valence electrons. The molecule has 1 N–H and O–H groups in total. The van der Waals surface area contributed by atoms with Crippen LogP contribution in [0.1, 0.15) is 71.4 Å². The van der Waals surface area contributed by atoms with Gasteiger partial charge in [0.25, 0.3) is 0 Å². The van der Waals surface area contributed by atoms with Crippen LogP contribution in [0, 0.1) is 17.3 Å². The number of hydrogen-bond acceptors (Lipinski definition) is 10. The number of fused-ring (bicyclic) bond motifs is 2. The van der Waals surface area contributed by atoms with Gasteiger partial charge in [-0.3, -0.25) is 0 Å². The summed E-state index contributed by atoms with van der Waals surface area (Å²) < 4.78 is 42.8. The topological polar surface area (TPSA) is 105 Å². The zero-order valence-electron chi connectivity index (χ0n) is 30.5. The van der Waals surface area contributed by atoms with Crippen LogP contribution in [0.5, 0.6) is 11.5 Å². The molecule has 11 heteroatoms. The van der Waals surface area contributed by atoms with Crippen molar-refractivity contribution in [3.8, 4) is 11.5 Å². The Morgan fingerprint density at radius 3 is 2.39 bits per heavy atom. The molecule has 0 amide bonds. The molecule has 0 radical (unpaired) electrons. The first-order chi connectivity index (χ1) is 23.3. The third kappa shape index (κ3) is 5.36. The number of alkyl halides is 2. The minimum atomic E-state index is -0.994. The van der Waals surface area contributed by atoms with Crippen LogP contribution in [0.3, 0.4) is 0 Å². The van der Waals surface area contributed by atoms with Gasteiger partial charge in [-0.25, -0.2) is 0 Å². The average molecular weight is 799 g/mol. The van der Waals surface area contributed by atoms with Gasteiger partial charge in [0.1, 0.15) is 0 Å². The van der Waals surface area contributed by atoms with Crippen LogP contribution in [-0.2, 0) is 40.3 Å². The molecule has 0 aromatic heterocycles. The number of hydrogen-bond donors (Lipinski definition) is 1. The first-order valence-corrected chi connectivity index (χ1v) is 20.8. The number of aliphatic hydroxyl groups is 1. The summed E-state index contributed by atoms with van der Waals surface area (Å²) in [4.78, 5) is 16.0. The fraction of sp³-hybridized carbons (Fsp3) is 0.816. The minimum absolute atomic E-state index is 0.00671. The third-order valence-electron chi connectivity index (χ3n) is 13.4. The number of piperidine rings is 1. The molecule has 8 rings (SSSR count). The molecule has 7 atom stereocenters. The maximum atomic E-state index is 13.2. The van der Waals surface area contributed by atoms with Gasteiger partial charge in [-0.05, 0) is 0 Å². The van der Waals surface area contributed by atoms with Crippen molar-refractivity contribution in [2.24, 2.45) is 17.3 Å². The predicted molar refractivity (Wildman–Crippen MR) is 179 cm³/mol. The Morgan fingerprint density at radius 2 is 1.73 bits per heavy atom. The number of carbonyl (C=O) groups excluding carboxylic acids is 1. The summed E-state index contributed by atoms with van der Waals surface area (Å²) in [5.74, 6) is 1.38. The Hall–Kier alpha value is -1.06. The quantitative estimate of drug-likeness (QED) is 0.0849. The molecule has 4 bridgehead atoms. The molecule has 5 fully saturated rings. The van der Waals surface area contributed by atoms with Gasteiger partial charge in [-0.2, -0.15) is 0 Å². The van der Waals surface area contributed by atoms with Gasteiger partial charge in [0.05, 0.1) is 26.4 Å². The molecule has 7 aliphatic rings. The summed E-state index contributed by atoms with van der Waals surface area (Å²) in [5.41, 5.74) is -0.493. The van der Waals surface area contributed by atoms with E-state index in [2.05, 4.69) is 38.7 Å². The zero-order valence-corrected chi connectivity index (χ0v) is 32.7. The second kappa shape index (κ2) is 13.1. The number of likely N-dealkylation sites (tertiary alicyclic amines) is 1. The molecule has 3 saturated heterocycles. The Morgan fingerprint density at radius 1 is 1.04 bits per heavy atom. The van der Waals surface area contributed by atoms with Crippen LogP contribution in [0.15, 0.2) is 12.1 Å². The molecule has 49 heavy (non-hydrogen) atoms. The molecular formula is C38H57INO9-. The second-order valence-corrected chi connectivity index (χ2v) is 19.9. The van der Waals surface area contributed by atoms with Crippen LogP contribution in [-0.4, -0.2) is 120 Å². The van der Waals surface area contributed by atoms with Crippen molar-refractivity contribution in [1.82, 2.24) is 4.90 Å². The monoisotopic (exact) mass is 798 g/mol. The fourth-order valence-corrected chi connectivity index (χ4v) is 16.6. The Bertz CT molecular complexity index is 1410. The number of carbonyl (C=O) groups is 1. The van der Waals surface area contributed by atoms with Gasteiger partial charge >= 0.3 is 261 Å². The van der Waals surface area contributed by atoms with Crippen molar-refractivity contribution in [3.05, 3.63) is 23.3 Å². The standard InChI is InChI=1S/C38H57INO9/c1-33(2,3)34(4,42)28-21-37-29-20-26-10-11-27(48-30(41)23-47-19-18-46-17-16-45-15-14-43-6)32-31(26)36(37,12-13-40(29)22-25-8-9-25)35(5,49-32)38(28,44-7)24-39-37/h10-11,25,28-29,42H,8-9,12-24H2,1-7H3/q-1/t28-,29-,34+,35+,36+,37+,38-/m1/s1. The van der Waals surface area contributed by atoms with Crippen molar-refractivity contribution < 1.29 is 64.3 Å². The Kier molecular flexibility index (Phi) is 9.71. The molecule has 3 aliphatic carbocycles. The van der Waals surface area contributed by atoms with E-state index in [1.54, 1.807) is 7.11 Å². The maximum absolute atomic E-state index is 13.2. The number of nitrogens with zero attached hydrogens (tertiary/aromatic N) is 1. The predicted octanol–water partition coefficient (Wildman–Crippen LogP) is 0.761. The third-order valence-corrected chi connectivity index (χ3v) is 18.3. The van der Waals surface area contributed by atoms with Gasteiger partial charge in [-0.1, -0.05) is 0 Å². The molecule has 1 aromatic carbocycles. The second-order valence-electron chi connectivity index (χ2n) is 16.5. The number of halogens is 1. The van der Waals surface area contributed by atoms with E-state index in [4.69, 9.17) is 33.2 Å². The van der Waals surface area contributed by atoms with E-state index in [0.717, 1.165) is 36.2 Å². The molecule has 4 aliphatic heterocycles. The summed E-state index contributed by atoms with van der Waals surface area (Å²) in [6.45, 7) is 15.4. The van der Waals surface area contributed by atoms with Crippen LogP contribution >= 0.6 is 0 Å². The number of methoxy groups -OCH3 is 2. The van der Waals surface area contributed by atoms with Gasteiger partial charge in [0, 0.05) is 7.11 Å². The van der Waals surface area contributed by atoms with E-state index in [9.17, 15) is 9.90 Å². The van der Waals surface area contributed by atoms with Crippen molar-refractivity contribution in [1.29, 1.82) is 0 Å². The van der Waals surface area contributed by atoms with E-state index >= 15 is 0 Å². The van der Waals surface area contributed by atoms with Crippen LogP contribution in [0.4, 0.5) is 0 Å². The molecule has 4 heterocycles. The SMILES string of the molecule is COCCOCCOCCOCC(=O)Oc1ccc2c3c1O[C@@]1(C)[C@]34CCN(CC3CC3)[C@H](C2)[C@@]42C[C@H]([C@](C)(O)C(C)(C)C)[C@]1(OC)C[I-]2. The van der Waals surface area contributed by atoms with Crippen LogP contribution in [0.25, 0.3) is 0 Å². The van der Waals surface area contributed by atoms with E-state index in [1.165, 1.54) is 30.5 Å². The summed E-state index contributed by atoms with van der Waals surface area (Å²) >= 11 is -0.339. The van der Waals surface area contributed by atoms with E-state index < -0.39 is 22.8 Å². The van der Waals surface area contributed by atoms with Crippen molar-refractivity contribution >= 4 is 5.97 Å². The van der Waals surface area contributed by atoms with Crippen molar-refractivity contribution in [3.63, 3.8) is 0 Å². The summed E-state index contributed by atoms with van der Waals surface area (Å²) in [6, 6.07) is 4.52. The summed E-state index contributed by atoms with van der Waals surface area (Å²) in [6.07, 6.45) is 5.56. The van der Waals surface area contributed by atoms with Gasteiger partial charge in [0.15, 0.2) is 0 Å². The molecule has 0 unspecified atom stereocenters. The molecule has 1 aromatic rings. The molecule has 2 spiro atoms. The van der Waals surface area contributed by atoms with Crippen LogP contribution < -0.4 is 30.7 Å². The average Bonchev–Trinajstić information content (AvgIpc) is 3.82. The number of rotatable bonds is 16. The normalized spacial score (nSPS) is 35.7. The Balaban J connectivity index is 1.17.